The average molecular weight is 304 g/mol. The lowest BCUT2D eigenvalue weighted by Gasteiger charge is -2.17. The normalized spacial score (nSPS) is 26.2. The summed E-state index contributed by atoms with van der Waals surface area (Å²) in [6.07, 6.45) is 4.94. The molecule has 0 saturated carbocycles. The first-order valence-corrected chi connectivity index (χ1v) is 5.27. The highest BCUT2D eigenvalue weighted by Gasteiger charge is 2.26. The van der Waals surface area contributed by atoms with E-state index in [0.29, 0.717) is 5.57 Å². The number of alkyl halides is 1. The molecule has 0 aromatic rings. The summed E-state index contributed by atoms with van der Waals surface area (Å²) in [5.41, 5.74) is 1.28. The fraction of sp³-hybridized carbons (Fsp3) is 0.125. The summed E-state index contributed by atoms with van der Waals surface area (Å²) in [5, 5.41) is 0. The van der Waals surface area contributed by atoms with Crippen LogP contribution in [0.4, 0.5) is 0 Å². The lowest BCUT2D eigenvalue weighted by Crippen LogP contribution is -2.25. The summed E-state index contributed by atoms with van der Waals surface area (Å²) in [5.74, 6) is -0.237. The van der Waals surface area contributed by atoms with Crippen molar-refractivity contribution in [3.63, 3.8) is 0 Å². The van der Waals surface area contributed by atoms with Gasteiger partial charge in [0, 0.05) is 4.48 Å². The number of aliphatic imine (C=N–C) groups is 2. The molecular weight excluding hydrogens is 300 g/mol. The van der Waals surface area contributed by atoms with Crippen LogP contribution in [0, 0.1) is 0 Å². The Bertz CT molecular complexity index is 393. The highest BCUT2D eigenvalue weighted by Crippen LogP contribution is 2.26. The van der Waals surface area contributed by atoms with E-state index < -0.39 is 0 Å². The van der Waals surface area contributed by atoms with Crippen molar-refractivity contribution in [1.29, 1.82) is 0 Å². The van der Waals surface area contributed by atoms with Crippen LogP contribution in [0.25, 0.3) is 0 Å². The van der Waals surface area contributed by atoms with Crippen molar-refractivity contribution >= 4 is 49.8 Å². The van der Waals surface area contributed by atoms with Gasteiger partial charge >= 0.3 is 0 Å². The van der Waals surface area contributed by atoms with Gasteiger partial charge in [0.2, 0.25) is 0 Å². The van der Waals surface area contributed by atoms with Crippen LogP contribution in [-0.4, -0.2) is 22.8 Å². The van der Waals surface area contributed by atoms with Crippen molar-refractivity contribution in [1.82, 2.24) is 0 Å². The number of carbonyl (C=O) groups is 1. The van der Waals surface area contributed by atoms with Gasteiger partial charge in [0.05, 0.1) is 16.1 Å². The summed E-state index contributed by atoms with van der Waals surface area (Å²) in [7, 11) is 0. The first kappa shape index (κ1) is 9.02. The molecule has 5 heteroatoms. The first-order valence-electron chi connectivity index (χ1n) is 3.56. The van der Waals surface area contributed by atoms with Crippen molar-refractivity contribution in [3.05, 3.63) is 22.2 Å². The van der Waals surface area contributed by atoms with Gasteiger partial charge in [0.25, 0.3) is 5.91 Å². The third-order valence-electron chi connectivity index (χ3n) is 1.73. The molecule has 1 unspecified atom stereocenters. The van der Waals surface area contributed by atoms with Crippen molar-refractivity contribution in [2.75, 3.05) is 0 Å². The van der Waals surface area contributed by atoms with Crippen LogP contribution in [0.1, 0.15) is 0 Å². The molecule has 2 rings (SSSR count). The van der Waals surface area contributed by atoms with E-state index in [1.807, 2.05) is 6.08 Å². The third kappa shape index (κ3) is 1.58. The zero-order valence-corrected chi connectivity index (χ0v) is 9.54. The summed E-state index contributed by atoms with van der Waals surface area (Å²) in [6, 6.07) is 0. The van der Waals surface area contributed by atoms with E-state index in [2.05, 4.69) is 41.8 Å². The fourth-order valence-corrected chi connectivity index (χ4v) is 2.65. The molecule has 1 amide bonds. The van der Waals surface area contributed by atoms with Gasteiger partial charge < -0.3 is 0 Å². The van der Waals surface area contributed by atoms with E-state index in [0.717, 1.165) is 10.2 Å². The number of allylic oxidation sites excluding steroid dienone is 3. The summed E-state index contributed by atoms with van der Waals surface area (Å²) in [4.78, 5) is 18.9. The molecule has 0 aromatic carbocycles. The Labute approximate surface area is 91.6 Å². The molecule has 1 heterocycles. The summed E-state index contributed by atoms with van der Waals surface area (Å²) >= 11 is 6.72. The second-order valence-corrected chi connectivity index (χ2v) is 4.48. The molecule has 13 heavy (non-hydrogen) atoms. The molecule has 1 aliphatic carbocycles. The first-order chi connectivity index (χ1) is 6.18. The molecule has 1 atom stereocenters. The maximum absolute atomic E-state index is 11.3. The lowest BCUT2D eigenvalue weighted by atomic mass is 10.0. The second-order valence-electron chi connectivity index (χ2n) is 2.58. The van der Waals surface area contributed by atoms with Gasteiger partial charge in [-0.15, -0.1) is 0 Å². The highest BCUT2D eigenvalue weighted by atomic mass is 79.9. The van der Waals surface area contributed by atoms with Crippen molar-refractivity contribution in [2.45, 2.75) is 4.83 Å². The predicted octanol–water partition coefficient (Wildman–Crippen LogP) is 1.98. The maximum atomic E-state index is 11.3. The Morgan fingerprint density at radius 2 is 2.23 bits per heavy atom. The number of hydrogen-bond acceptors (Lipinski definition) is 2. The van der Waals surface area contributed by atoms with E-state index in [4.69, 9.17) is 0 Å². The van der Waals surface area contributed by atoms with Crippen molar-refractivity contribution < 1.29 is 4.79 Å². The summed E-state index contributed by atoms with van der Waals surface area (Å²) in [6.45, 7) is 0. The van der Waals surface area contributed by atoms with Gasteiger partial charge in [-0.05, 0) is 6.08 Å². The molecule has 66 valence electrons. The SMILES string of the molecule is O=C1N=CN=C2C1=CC(Br)=CC2Br. The average Bonchev–Trinajstić information content (AvgIpc) is 2.07. The maximum Gasteiger partial charge on any atom is 0.280 e. The Morgan fingerprint density at radius 3 is 3.00 bits per heavy atom. The van der Waals surface area contributed by atoms with Crippen LogP contribution in [0.5, 0.6) is 0 Å². The highest BCUT2D eigenvalue weighted by molar-refractivity contribution is 9.12. The molecule has 0 spiro atoms. The number of fused-ring (bicyclic) bond motifs is 1. The smallest absolute Gasteiger partial charge is 0.267 e. The third-order valence-corrected chi connectivity index (χ3v) is 2.92. The van der Waals surface area contributed by atoms with Gasteiger partial charge in [-0.1, -0.05) is 37.9 Å². The molecule has 1 aliphatic heterocycles. The van der Waals surface area contributed by atoms with Crippen LogP contribution in [0.3, 0.4) is 0 Å². The van der Waals surface area contributed by atoms with Gasteiger partial charge in [0.1, 0.15) is 6.34 Å². The lowest BCUT2D eigenvalue weighted by molar-refractivity contribution is -0.113. The quantitative estimate of drug-likeness (QED) is 0.631. The van der Waals surface area contributed by atoms with E-state index in [1.54, 1.807) is 6.08 Å². The number of halogens is 2. The van der Waals surface area contributed by atoms with Crippen LogP contribution in [0.15, 0.2) is 32.2 Å². The van der Waals surface area contributed by atoms with E-state index >= 15 is 0 Å². The zero-order chi connectivity index (χ0) is 9.42. The molecule has 0 fully saturated rings. The zero-order valence-electron chi connectivity index (χ0n) is 6.37. The van der Waals surface area contributed by atoms with Crippen molar-refractivity contribution in [2.24, 2.45) is 9.98 Å². The minimum Gasteiger partial charge on any atom is -0.267 e. The molecule has 0 N–H and O–H groups in total. The molecule has 2 aliphatic rings. The number of amides is 1. The standard InChI is InChI=1S/C8H4Br2N2O/c9-4-1-5-7(6(10)2-4)11-3-12-8(5)13/h1-3,6H. The molecular formula is C8H4Br2N2O. The minimum absolute atomic E-state index is 0.0161. The number of nitrogens with zero attached hydrogens (tertiary/aromatic N) is 2. The Morgan fingerprint density at radius 1 is 1.46 bits per heavy atom. The van der Waals surface area contributed by atoms with E-state index in [9.17, 15) is 4.79 Å². The minimum atomic E-state index is -0.237. The molecule has 0 radical (unpaired) electrons. The predicted molar refractivity (Wildman–Crippen MR) is 58.7 cm³/mol. The molecule has 3 nitrogen and oxygen atoms in total. The number of hydrogen-bond donors (Lipinski definition) is 0. The van der Waals surface area contributed by atoms with Crippen LogP contribution in [-0.2, 0) is 4.79 Å². The fourth-order valence-electron chi connectivity index (χ4n) is 1.15. The number of rotatable bonds is 0. The van der Waals surface area contributed by atoms with Gasteiger partial charge in [-0.25, -0.2) is 4.99 Å². The monoisotopic (exact) mass is 302 g/mol. The Hall–Kier alpha value is -0.550. The van der Waals surface area contributed by atoms with Gasteiger partial charge in [-0.2, -0.15) is 4.99 Å². The van der Waals surface area contributed by atoms with Crippen LogP contribution in [0.2, 0.25) is 0 Å². The van der Waals surface area contributed by atoms with Crippen LogP contribution >= 0.6 is 31.9 Å². The topological polar surface area (TPSA) is 41.8 Å². The number of carbonyl (C=O) groups excluding carboxylic acids is 1. The van der Waals surface area contributed by atoms with E-state index in [1.165, 1.54) is 6.34 Å². The molecule has 0 aromatic heterocycles. The van der Waals surface area contributed by atoms with Crippen molar-refractivity contribution in [3.8, 4) is 0 Å². The summed E-state index contributed by atoms with van der Waals surface area (Å²) < 4.78 is 0.869. The van der Waals surface area contributed by atoms with E-state index in [-0.39, 0.29) is 10.7 Å². The Balaban J connectivity index is 2.52. The Kier molecular flexibility index (Phi) is 2.29. The molecule has 0 saturated heterocycles. The molecule has 0 bridgehead atoms. The van der Waals surface area contributed by atoms with Gasteiger partial charge in [0.15, 0.2) is 0 Å². The van der Waals surface area contributed by atoms with Gasteiger partial charge in [-0.3, -0.25) is 4.79 Å². The largest absolute Gasteiger partial charge is 0.280 e. The second kappa shape index (κ2) is 3.31. The van der Waals surface area contributed by atoms with Crippen LogP contribution < -0.4 is 0 Å².